The Balaban J connectivity index is 2.09. The van der Waals surface area contributed by atoms with Crippen LogP contribution in [-0.2, 0) is 4.79 Å². The molecule has 2 rings (SSSR count). The zero-order valence-corrected chi connectivity index (χ0v) is 17.4. The predicted molar refractivity (Wildman–Crippen MR) is 109 cm³/mol. The summed E-state index contributed by atoms with van der Waals surface area (Å²) in [7, 11) is 1.63. The van der Waals surface area contributed by atoms with Crippen LogP contribution in [0, 0.1) is 5.92 Å². The molecule has 0 aliphatic carbocycles. The van der Waals surface area contributed by atoms with Crippen LogP contribution in [0.25, 0.3) is 0 Å². The van der Waals surface area contributed by atoms with Gasteiger partial charge in [0.25, 0.3) is 0 Å². The molecule has 0 radical (unpaired) electrons. The maximum absolute atomic E-state index is 12.5. The summed E-state index contributed by atoms with van der Waals surface area (Å²) in [6.45, 7) is 11.6. The van der Waals surface area contributed by atoms with Gasteiger partial charge in [-0.2, -0.15) is 5.10 Å². The van der Waals surface area contributed by atoms with Gasteiger partial charge in [0.2, 0.25) is 5.91 Å². The zero-order chi connectivity index (χ0) is 20.0. The van der Waals surface area contributed by atoms with Crippen molar-refractivity contribution in [2.75, 3.05) is 20.3 Å². The molecule has 150 valence electrons. The molecule has 6 nitrogen and oxygen atoms in total. The van der Waals surface area contributed by atoms with E-state index in [0.29, 0.717) is 24.0 Å². The second kappa shape index (κ2) is 9.11. The SMILES string of the molecule is COc1ccc(/C=N/N2CCC[C@H]2C(=O)NC(C)(C)C)cc1OCC(C)C. The van der Waals surface area contributed by atoms with Crippen molar-refractivity contribution < 1.29 is 14.3 Å². The number of methoxy groups -OCH3 is 1. The van der Waals surface area contributed by atoms with Crippen molar-refractivity contribution in [3.05, 3.63) is 23.8 Å². The first-order valence-electron chi connectivity index (χ1n) is 9.63. The van der Waals surface area contributed by atoms with Crippen LogP contribution in [-0.4, -0.2) is 49.0 Å². The first-order chi connectivity index (χ1) is 12.7. The van der Waals surface area contributed by atoms with Gasteiger partial charge in [0.1, 0.15) is 6.04 Å². The molecule has 1 N–H and O–H groups in total. The minimum absolute atomic E-state index is 0.0350. The van der Waals surface area contributed by atoms with E-state index in [-0.39, 0.29) is 17.5 Å². The highest BCUT2D eigenvalue weighted by molar-refractivity contribution is 5.84. The summed E-state index contributed by atoms with van der Waals surface area (Å²) >= 11 is 0. The monoisotopic (exact) mass is 375 g/mol. The van der Waals surface area contributed by atoms with E-state index in [1.54, 1.807) is 13.3 Å². The number of rotatable bonds is 7. The molecule has 1 aromatic carbocycles. The van der Waals surface area contributed by atoms with E-state index in [1.165, 1.54) is 0 Å². The fourth-order valence-corrected chi connectivity index (χ4v) is 2.89. The Morgan fingerprint density at radius 3 is 2.74 bits per heavy atom. The van der Waals surface area contributed by atoms with Crippen LogP contribution in [0.5, 0.6) is 11.5 Å². The highest BCUT2D eigenvalue weighted by Gasteiger charge is 2.31. The van der Waals surface area contributed by atoms with Crippen LogP contribution in [0.4, 0.5) is 0 Å². The molecule has 1 amide bonds. The molecule has 1 aliphatic rings. The Labute approximate surface area is 162 Å². The third-order valence-corrected chi connectivity index (χ3v) is 4.14. The zero-order valence-electron chi connectivity index (χ0n) is 17.4. The maximum Gasteiger partial charge on any atom is 0.244 e. The fourth-order valence-electron chi connectivity index (χ4n) is 2.89. The third-order valence-electron chi connectivity index (χ3n) is 4.14. The number of benzene rings is 1. The second-order valence-corrected chi connectivity index (χ2v) is 8.42. The van der Waals surface area contributed by atoms with E-state index in [2.05, 4.69) is 24.3 Å². The molecule has 27 heavy (non-hydrogen) atoms. The lowest BCUT2D eigenvalue weighted by Gasteiger charge is -2.26. The summed E-state index contributed by atoms with van der Waals surface area (Å²) in [6.07, 6.45) is 3.57. The number of nitrogens with one attached hydrogen (secondary N) is 1. The lowest BCUT2D eigenvalue weighted by molar-refractivity contribution is -0.126. The second-order valence-electron chi connectivity index (χ2n) is 8.42. The summed E-state index contributed by atoms with van der Waals surface area (Å²) in [4.78, 5) is 12.5. The predicted octanol–water partition coefficient (Wildman–Crippen LogP) is 3.44. The lowest BCUT2D eigenvalue weighted by Crippen LogP contribution is -2.48. The molecule has 0 unspecified atom stereocenters. The molecule has 0 aromatic heterocycles. The smallest absolute Gasteiger partial charge is 0.244 e. The van der Waals surface area contributed by atoms with Gasteiger partial charge in [-0.1, -0.05) is 13.8 Å². The summed E-state index contributed by atoms with van der Waals surface area (Å²) in [5.41, 5.74) is 0.671. The summed E-state index contributed by atoms with van der Waals surface area (Å²) in [6, 6.07) is 5.52. The van der Waals surface area contributed by atoms with Gasteiger partial charge in [-0.25, -0.2) is 0 Å². The summed E-state index contributed by atoms with van der Waals surface area (Å²) < 4.78 is 11.2. The Morgan fingerprint density at radius 1 is 1.37 bits per heavy atom. The van der Waals surface area contributed by atoms with Crippen LogP contribution in [0.2, 0.25) is 0 Å². The van der Waals surface area contributed by atoms with E-state index in [0.717, 1.165) is 24.9 Å². The average Bonchev–Trinajstić information content (AvgIpc) is 3.05. The van der Waals surface area contributed by atoms with Gasteiger partial charge >= 0.3 is 0 Å². The minimum atomic E-state index is -0.242. The highest BCUT2D eigenvalue weighted by atomic mass is 16.5. The molecule has 0 saturated carbocycles. The Morgan fingerprint density at radius 2 is 2.11 bits per heavy atom. The minimum Gasteiger partial charge on any atom is -0.493 e. The van der Waals surface area contributed by atoms with Crippen molar-refractivity contribution in [3.8, 4) is 11.5 Å². The molecule has 1 aliphatic heterocycles. The number of carbonyl (C=O) groups is 1. The number of amides is 1. The first-order valence-corrected chi connectivity index (χ1v) is 9.63. The van der Waals surface area contributed by atoms with E-state index in [4.69, 9.17) is 9.47 Å². The van der Waals surface area contributed by atoms with Crippen molar-refractivity contribution in [2.24, 2.45) is 11.0 Å². The van der Waals surface area contributed by atoms with Crippen LogP contribution >= 0.6 is 0 Å². The van der Waals surface area contributed by atoms with Gasteiger partial charge in [-0.15, -0.1) is 0 Å². The number of nitrogens with zero attached hydrogens (tertiary/aromatic N) is 2. The number of hydrogen-bond acceptors (Lipinski definition) is 5. The van der Waals surface area contributed by atoms with Crippen LogP contribution < -0.4 is 14.8 Å². The van der Waals surface area contributed by atoms with Gasteiger partial charge in [-0.05, 0) is 63.3 Å². The Bertz CT molecular complexity index is 665. The molecule has 0 spiro atoms. The van der Waals surface area contributed by atoms with Gasteiger partial charge < -0.3 is 14.8 Å². The van der Waals surface area contributed by atoms with E-state index >= 15 is 0 Å². The molecule has 0 bridgehead atoms. The van der Waals surface area contributed by atoms with E-state index < -0.39 is 0 Å². The Kier molecular flexibility index (Phi) is 7.11. The van der Waals surface area contributed by atoms with Crippen molar-refractivity contribution in [2.45, 2.75) is 59.0 Å². The molecule has 1 heterocycles. The molecular weight excluding hydrogens is 342 g/mol. The molecule has 1 saturated heterocycles. The fraction of sp³-hybridized carbons (Fsp3) is 0.619. The van der Waals surface area contributed by atoms with Crippen LogP contribution in [0.3, 0.4) is 0 Å². The van der Waals surface area contributed by atoms with Gasteiger partial charge in [-0.3, -0.25) is 9.80 Å². The number of hydrogen-bond donors (Lipinski definition) is 1. The quantitative estimate of drug-likeness (QED) is 0.742. The standard InChI is InChI=1S/C21H33N3O3/c1-15(2)14-27-19-12-16(9-10-18(19)26-6)13-22-24-11-7-8-17(24)20(25)23-21(3,4)5/h9-10,12-13,15,17H,7-8,11,14H2,1-6H3,(H,23,25)/b22-13+/t17-/m0/s1. The van der Waals surface area contributed by atoms with Crippen molar-refractivity contribution in [3.63, 3.8) is 0 Å². The normalized spacial score (nSPS) is 17.6. The number of hydrazone groups is 1. The van der Waals surface area contributed by atoms with Crippen molar-refractivity contribution in [1.29, 1.82) is 0 Å². The Hall–Kier alpha value is -2.24. The first kappa shape index (κ1) is 21.1. The third kappa shape index (κ3) is 6.45. The molecule has 6 heteroatoms. The summed E-state index contributed by atoms with van der Waals surface area (Å²) in [5, 5.41) is 9.49. The van der Waals surface area contributed by atoms with Gasteiger partial charge in [0, 0.05) is 12.1 Å². The van der Waals surface area contributed by atoms with E-state index in [9.17, 15) is 4.79 Å². The largest absolute Gasteiger partial charge is 0.493 e. The molecule has 1 aromatic rings. The number of carbonyl (C=O) groups excluding carboxylic acids is 1. The van der Waals surface area contributed by atoms with E-state index in [1.807, 2.05) is 44.0 Å². The lowest BCUT2D eigenvalue weighted by atomic mass is 10.1. The van der Waals surface area contributed by atoms with Gasteiger partial charge in [0.15, 0.2) is 11.5 Å². The van der Waals surface area contributed by atoms with Crippen molar-refractivity contribution >= 4 is 12.1 Å². The molecular formula is C21H33N3O3. The molecule has 1 fully saturated rings. The topological polar surface area (TPSA) is 63.2 Å². The highest BCUT2D eigenvalue weighted by Crippen LogP contribution is 2.28. The summed E-state index contributed by atoms with van der Waals surface area (Å²) in [5.74, 6) is 1.88. The molecule has 1 atom stereocenters. The van der Waals surface area contributed by atoms with Crippen LogP contribution in [0.1, 0.15) is 53.0 Å². The average molecular weight is 376 g/mol. The van der Waals surface area contributed by atoms with Crippen LogP contribution in [0.15, 0.2) is 23.3 Å². The van der Waals surface area contributed by atoms with Crippen molar-refractivity contribution in [1.82, 2.24) is 10.3 Å². The van der Waals surface area contributed by atoms with Gasteiger partial charge in [0.05, 0.1) is 19.9 Å². The number of ether oxygens (including phenoxy) is 2. The maximum atomic E-state index is 12.5.